The number of sulfonamides is 1. The van der Waals surface area contributed by atoms with Crippen LogP contribution in [-0.4, -0.2) is 45.8 Å². The zero-order valence-corrected chi connectivity index (χ0v) is 11.9. The van der Waals surface area contributed by atoms with Gasteiger partial charge in [-0.05, 0) is 24.3 Å². The molecule has 112 valence electrons. The maximum atomic E-state index is 11.9. The van der Waals surface area contributed by atoms with Crippen molar-refractivity contribution in [2.24, 2.45) is 0 Å². The number of aliphatic hydroxyl groups is 1. The number of rotatable bonds is 8. The Morgan fingerprint density at radius 3 is 2.45 bits per heavy atom. The summed E-state index contributed by atoms with van der Waals surface area (Å²) in [6, 6.07) is 5.83. The van der Waals surface area contributed by atoms with Gasteiger partial charge in [-0.25, -0.2) is 13.1 Å². The number of carbonyl (C=O) groups is 1. The first-order valence-corrected chi connectivity index (χ1v) is 7.50. The molecule has 20 heavy (non-hydrogen) atoms. The monoisotopic (exact) mass is 302 g/mol. The molecule has 1 aromatic carbocycles. The molecule has 0 radical (unpaired) electrons. The Morgan fingerprint density at radius 1 is 1.25 bits per heavy atom. The van der Waals surface area contributed by atoms with Crippen LogP contribution in [0.2, 0.25) is 0 Å². The third-order valence-electron chi connectivity index (χ3n) is 2.26. The van der Waals surface area contributed by atoms with Crippen molar-refractivity contribution in [3.63, 3.8) is 0 Å². The van der Waals surface area contributed by atoms with E-state index >= 15 is 0 Å². The van der Waals surface area contributed by atoms with Crippen molar-refractivity contribution in [3.05, 3.63) is 24.3 Å². The van der Waals surface area contributed by atoms with Gasteiger partial charge in [0.25, 0.3) is 0 Å². The lowest BCUT2D eigenvalue weighted by molar-refractivity contribution is -0.114. The summed E-state index contributed by atoms with van der Waals surface area (Å²) >= 11 is 0. The summed E-state index contributed by atoms with van der Waals surface area (Å²) in [7, 11) is -3.60. The highest BCUT2D eigenvalue weighted by Gasteiger charge is 2.13. The van der Waals surface area contributed by atoms with E-state index in [1.165, 1.54) is 31.2 Å². The van der Waals surface area contributed by atoms with Gasteiger partial charge in [-0.3, -0.25) is 4.79 Å². The maximum Gasteiger partial charge on any atom is 0.240 e. The molecule has 0 aliphatic rings. The second-order valence-electron chi connectivity index (χ2n) is 3.94. The van der Waals surface area contributed by atoms with Crippen molar-refractivity contribution in [2.45, 2.75) is 11.8 Å². The van der Waals surface area contributed by atoms with Gasteiger partial charge in [0.15, 0.2) is 0 Å². The van der Waals surface area contributed by atoms with E-state index in [-0.39, 0.29) is 37.2 Å². The van der Waals surface area contributed by atoms with E-state index < -0.39 is 10.0 Å². The van der Waals surface area contributed by atoms with Gasteiger partial charge >= 0.3 is 0 Å². The molecular formula is C12H18N2O5S. The molecule has 0 aliphatic carbocycles. The molecule has 0 aliphatic heterocycles. The topological polar surface area (TPSA) is 105 Å². The van der Waals surface area contributed by atoms with E-state index in [4.69, 9.17) is 9.84 Å². The predicted molar refractivity (Wildman–Crippen MR) is 73.8 cm³/mol. The van der Waals surface area contributed by atoms with Crippen LogP contribution >= 0.6 is 0 Å². The van der Waals surface area contributed by atoms with Crippen LogP contribution in [0.4, 0.5) is 5.69 Å². The quantitative estimate of drug-likeness (QED) is 0.583. The maximum absolute atomic E-state index is 11.9. The smallest absolute Gasteiger partial charge is 0.240 e. The highest BCUT2D eigenvalue weighted by Crippen LogP contribution is 2.13. The van der Waals surface area contributed by atoms with E-state index in [1.807, 2.05) is 0 Å². The van der Waals surface area contributed by atoms with Crippen LogP contribution < -0.4 is 10.0 Å². The normalized spacial score (nSPS) is 11.3. The number of aliphatic hydroxyl groups excluding tert-OH is 1. The van der Waals surface area contributed by atoms with Gasteiger partial charge in [0.05, 0.1) is 24.7 Å². The summed E-state index contributed by atoms with van der Waals surface area (Å²) in [6.45, 7) is 1.75. The average Bonchev–Trinajstić information content (AvgIpc) is 2.38. The Bertz CT molecular complexity index is 527. The molecular weight excluding hydrogens is 284 g/mol. The van der Waals surface area contributed by atoms with E-state index in [9.17, 15) is 13.2 Å². The number of hydrogen-bond acceptors (Lipinski definition) is 5. The summed E-state index contributed by atoms with van der Waals surface area (Å²) in [5.74, 6) is -0.222. The fourth-order valence-corrected chi connectivity index (χ4v) is 2.43. The van der Waals surface area contributed by atoms with Crippen molar-refractivity contribution in [1.29, 1.82) is 0 Å². The second kappa shape index (κ2) is 7.95. The second-order valence-corrected chi connectivity index (χ2v) is 5.71. The molecule has 0 fully saturated rings. The number of ether oxygens (including phenoxy) is 1. The Morgan fingerprint density at radius 2 is 1.90 bits per heavy atom. The van der Waals surface area contributed by atoms with Gasteiger partial charge < -0.3 is 15.2 Å². The molecule has 1 aromatic rings. The van der Waals surface area contributed by atoms with Crippen molar-refractivity contribution >= 4 is 21.6 Å². The molecule has 1 rings (SSSR count). The summed E-state index contributed by atoms with van der Waals surface area (Å²) in [5.41, 5.74) is 0.530. The predicted octanol–water partition coefficient (Wildman–Crippen LogP) is -0.0678. The molecule has 0 bridgehead atoms. The van der Waals surface area contributed by atoms with Crippen LogP contribution in [0.15, 0.2) is 29.2 Å². The third kappa shape index (κ3) is 5.66. The van der Waals surface area contributed by atoms with Crippen LogP contribution in [0.5, 0.6) is 0 Å². The van der Waals surface area contributed by atoms with Gasteiger partial charge in [0.1, 0.15) is 0 Å². The molecule has 0 heterocycles. The van der Waals surface area contributed by atoms with Crippen LogP contribution in [0.3, 0.4) is 0 Å². The minimum Gasteiger partial charge on any atom is -0.394 e. The third-order valence-corrected chi connectivity index (χ3v) is 3.74. The van der Waals surface area contributed by atoms with E-state index in [0.717, 1.165) is 0 Å². The van der Waals surface area contributed by atoms with Crippen molar-refractivity contribution in [2.75, 3.05) is 31.7 Å². The summed E-state index contributed by atoms with van der Waals surface area (Å²) in [4.78, 5) is 11.0. The fourth-order valence-electron chi connectivity index (χ4n) is 1.42. The minimum atomic E-state index is -3.60. The Kier molecular flexibility index (Phi) is 6.59. The molecule has 0 saturated heterocycles. The number of benzene rings is 1. The zero-order valence-electron chi connectivity index (χ0n) is 11.1. The molecule has 1 amide bonds. The lowest BCUT2D eigenvalue weighted by Crippen LogP contribution is -2.27. The Balaban J connectivity index is 2.56. The van der Waals surface area contributed by atoms with Crippen molar-refractivity contribution in [3.8, 4) is 0 Å². The number of nitrogens with one attached hydrogen (secondary N) is 2. The van der Waals surface area contributed by atoms with Crippen LogP contribution in [0.1, 0.15) is 6.92 Å². The average molecular weight is 302 g/mol. The number of amides is 1. The first-order chi connectivity index (χ1) is 9.45. The summed E-state index contributed by atoms with van der Waals surface area (Å²) < 4.78 is 31.1. The highest BCUT2D eigenvalue weighted by molar-refractivity contribution is 7.89. The minimum absolute atomic E-state index is 0.0998. The standard InChI is InChI=1S/C12H18N2O5S/c1-10(16)14-11-2-4-12(5-3-11)20(17,18)13-6-8-19-9-7-15/h2-5,13,15H,6-9H2,1H3,(H,14,16). The zero-order chi connectivity index (χ0) is 15.0. The molecule has 0 saturated carbocycles. The largest absolute Gasteiger partial charge is 0.394 e. The van der Waals surface area contributed by atoms with Crippen molar-refractivity contribution in [1.82, 2.24) is 4.72 Å². The molecule has 8 heteroatoms. The lowest BCUT2D eigenvalue weighted by Gasteiger charge is -2.08. The number of anilines is 1. The fraction of sp³-hybridized carbons (Fsp3) is 0.417. The van der Waals surface area contributed by atoms with Gasteiger partial charge in [-0.15, -0.1) is 0 Å². The first kappa shape index (κ1) is 16.6. The molecule has 0 unspecified atom stereocenters. The molecule has 0 atom stereocenters. The lowest BCUT2D eigenvalue weighted by atomic mass is 10.3. The molecule has 7 nitrogen and oxygen atoms in total. The van der Waals surface area contributed by atoms with Gasteiger partial charge in [0, 0.05) is 19.2 Å². The summed E-state index contributed by atoms with van der Waals surface area (Å²) in [5, 5.41) is 11.1. The van der Waals surface area contributed by atoms with E-state index in [1.54, 1.807) is 0 Å². The van der Waals surface area contributed by atoms with Crippen LogP contribution in [-0.2, 0) is 19.6 Å². The van der Waals surface area contributed by atoms with Crippen LogP contribution in [0, 0.1) is 0 Å². The number of hydrogen-bond donors (Lipinski definition) is 3. The SMILES string of the molecule is CC(=O)Nc1ccc(S(=O)(=O)NCCOCCO)cc1. The van der Waals surface area contributed by atoms with Gasteiger partial charge in [-0.2, -0.15) is 0 Å². The molecule has 3 N–H and O–H groups in total. The Hall–Kier alpha value is -1.48. The summed E-state index contributed by atoms with van der Waals surface area (Å²) in [6.07, 6.45) is 0. The van der Waals surface area contributed by atoms with Crippen molar-refractivity contribution < 1.29 is 23.1 Å². The molecule has 0 aromatic heterocycles. The molecule has 0 spiro atoms. The van der Waals surface area contributed by atoms with Crippen LogP contribution in [0.25, 0.3) is 0 Å². The Labute approximate surface area is 118 Å². The number of carbonyl (C=O) groups excluding carboxylic acids is 1. The van der Waals surface area contributed by atoms with Gasteiger partial charge in [0.2, 0.25) is 15.9 Å². The first-order valence-electron chi connectivity index (χ1n) is 6.01. The highest BCUT2D eigenvalue weighted by atomic mass is 32.2. The van der Waals surface area contributed by atoms with Gasteiger partial charge in [-0.1, -0.05) is 0 Å². The van der Waals surface area contributed by atoms with E-state index in [0.29, 0.717) is 5.69 Å². The van der Waals surface area contributed by atoms with E-state index in [2.05, 4.69) is 10.0 Å².